The standard InChI is InChI=1S/C8H15N3/c1-4-8-10-7(9)5-11(8)6(2)3/h5-6H,4,9H2,1-3H3. The minimum absolute atomic E-state index is 0.453. The Morgan fingerprint density at radius 1 is 1.64 bits per heavy atom. The number of nitrogen functional groups attached to an aromatic ring is 1. The molecule has 1 aromatic heterocycles. The van der Waals surface area contributed by atoms with Crippen LogP contribution < -0.4 is 5.73 Å². The maximum absolute atomic E-state index is 5.56. The first-order valence-electron chi connectivity index (χ1n) is 3.98. The highest BCUT2D eigenvalue weighted by atomic mass is 15.1. The molecule has 0 aliphatic carbocycles. The first-order chi connectivity index (χ1) is 5.15. The molecule has 3 heteroatoms. The SMILES string of the molecule is CCc1nc(N)cn1C(C)C. The van der Waals surface area contributed by atoms with E-state index in [4.69, 9.17) is 5.73 Å². The lowest BCUT2D eigenvalue weighted by molar-refractivity contribution is 0.571. The highest BCUT2D eigenvalue weighted by molar-refractivity contribution is 5.26. The quantitative estimate of drug-likeness (QED) is 0.701. The van der Waals surface area contributed by atoms with Crippen molar-refractivity contribution < 1.29 is 0 Å². The fraction of sp³-hybridized carbons (Fsp3) is 0.625. The van der Waals surface area contributed by atoms with Crippen molar-refractivity contribution in [2.75, 3.05) is 5.73 Å². The Labute approximate surface area is 67.2 Å². The molecular formula is C8H15N3. The van der Waals surface area contributed by atoms with E-state index in [1.165, 1.54) is 0 Å². The van der Waals surface area contributed by atoms with Crippen LogP contribution in [-0.2, 0) is 6.42 Å². The fourth-order valence-electron chi connectivity index (χ4n) is 1.16. The zero-order chi connectivity index (χ0) is 8.43. The van der Waals surface area contributed by atoms with E-state index in [1.807, 2.05) is 6.20 Å². The summed E-state index contributed by atoms with van der Waals surface area (Å²) in [5.74, 6) is 1.69. The molecule has 2 N–H and O–H groups in total. The Kier molecular flexibility index (Phi) is 2.17. The first kappa shape index (κ1) is 8.11. The molecule has 0 radical (unpaired) electrons. The molecule has 0 saturated carbocycles. The van der Waals surface area contributed by atoms with Gasteiger partial charge in [0.15, 0.2) is 0 Å². The molecule has 0 unspecified atom stereocenters. The summed E-state index contributed by atoms with van der Waals surface area (Å²) in [6.07, 6.45) is 2.83. The molecule has 11 heavy (non-hydrogen) atoms. The van der Waals surface area contributed by atoms with Gasteiger partial charge in [-0.25, -0.2) is 4.98 Å². The Bertz CT molecular complexity index is 237. The number of imidazole rings is 1. The molecule has 0 spiro atoms. The zero-order valence-electron chi connectivity index (χ0n) is 7.33. The minimum Gasteiger partial charge on any atom is -0.382 e. The van der Waals surface area contributed by atoms with Gasteiger partial charge in [0.25, 0.3) is 0 Å². The van der Waals surface area contributed by atoms with Gasteiger partial charge >= 0.3 is 0 Å². The van der Waals surface area contributed by atoms with E-state index < -0.39 is 0 Å². The summed E-state index contributed by atoms with van der Waals surface area (Å²) in [6, 6.07) is 0.453. The Hall–Kier alpha value is -0.990. The number of hydrogen-bond acceptors (Lipinski definition) is 2. The molecule has 0 fully saturated rings. The molecule has 0 aliphatic heterocycles. The fourth-order valence-corrected chi connectivity index (χ4v) is 1.16. The Balaban J connectivity index is 3.02. The number of aromatic nitrogens is 2. The Morgan fingerprint density at radius 2 is 2.27 bits per heavy atom. The second-order valence-electron chi connectivity index (χ2n) is 2.94. The van der Waals surface area contributed by atoms with E-state index in [0.29, 0.717) is 11.9 Å². The van der Waals surface area contributed by atoms with E-state index in [0.717, 1.165) is 12.2 Å². The van der Waals surface area contributed by atoms with Crippen molar-refractivity contribution in [3.05, 3.63) is 12.0 Å². The van der Waals surface area contributed by atoms with Gasteiger partial charge in [-0.15, -0.1) is 0 Å². The highest BCUT2D eigenvalue weighted by Gasteiger charge is 2.05. The smallest absolute Gasteiger partial charge is 0.141 e. The lowest BCUT2D eigenvalue weighted by Crippen LogP contribution is -2.03. The molecule has 1 rings (SSSR count). The zero-order valence-corrected chi connectivity index (χ0v) is 7.33. The van der Waals surface area contributed by atoms with E-state index in [-0.39, 0.29) is 0 Å². The maximum atomic E-state index is 5.56. The van der Waals surface area contributed by atoms with E-state index >= 15 is 0 Å². The Morgan fingerprint density at radius 3 is 2.64 bits per heavy atom. The van der Waals surface area contributed by atoms with Gasteiger partial charge in [0.05, 0.1) is 0 Å². The summed E-state index contributed by atoms with van der Waals surface area (Å²) >= 11 is 0. The summed E-state index contributed by atoms with van der Waals surface area (Å²) in [5.41, 5.74) is 5.56. The average Bonchev–Trinajstić information content (AvgIpc) is 2.30. The lowest BCUT2D eigenvalue weighted by atomic mass is 10.3. The summed E-state index contributed by atoms with van der Waals surface area (Å²) in [6.45, 7) is 6.33. The number of aryl methyl sites for hydroxylation is 1. The van der Waals surface area contributed by atoms with Crippen LogP contribution in [0.25, 0.3) is 0 Å². The van der Waals surface area contributed by atoms with Crippen LogP contribution in [0.4, 0.5) is 5.82 Å². The normalized spacial score (nSPS) is 10.9. The molecule has 0 aliphatic rings. The van der Waals surface area contributed by atoms with Gasteiger partial charge in [0.1, 0.15) is 11.6 Å². The third-order valence-electron chi connectivity index (χ3n) is 1.70. The number of anilines is 1. The summed E-state index contributed by atoms with van der Waals surface area (Å²) in [5, 5.41) is 0. The largest absolute Gasteiger partial charge is 0.382 e. The molecule has 0 amide bonds. The van der Waals surface area contributed by atoms with E-state index in [2.05, 4.69) is 30.3 Å². The summed E-state index contributed by atoms with van der Waals surface area (Å²) < 4.78 is 2.11. The average molecular weight is 153 g/mol. The first-order valence-corrected chi connectivity index (χ1v) is 3.98. The van der Waals surface area contributed by atoms with Crippen LogP contribution in [0.5, 0.6) is 0 Å². The van der Waals surface area contributed by atoms with Crippen molar-refractivity contribution in [1.29, 1.82) is 0 Å². The second-order valence-corrected chi connectivity index (χ2v) is 2.94. The van der Waals surface area contributed by atoms with Gasteiger partial charge in [-0.05, 0) is 13.8 Å². The summed E-state index contributed by atoms with van der Waals surface area (Å²) in [7, 11) is 0. The molecular weight excluding hydrogens is 138 g/mol. The van der Waals surface area contributed by atoms with Crippen LogP contribution in [-0.4, -0.2) is 9.55 Å². The van der Waals surface area contributed by atoms with Crippen LogP contribution in [0.2, 0.25) is 0 Å². The van der Waals surface area contributed by atoms with Crippen molar-refractivity contribution in [3.63, 3.8) is 0 Å². The molecule has 0 aromatic carbocycles. The minimum atomic E-state index is 0.453. The molecule has 0 atom stereocenters. The third-order valence-corrected chi connectivity index (χ3v) is 1.70. The lowest BCUT2D eigenvalue weighted by Gasteiger charge is -2.08. The van der Waals surface area contributed by atoms with Crippen LogP contribution in [0.3, 0.4) is 0 Å². The number of rotatable bonds is 2. The van der Waals surface area contributed by atoms with Crippen molar-refractivity contribution in [3.8, 4) is 0 Å². The van der Waals surface area contributed by atoms with Crippen LogP contribution in [0, 0.1) is 0 Å². The van der Waals surface area contributed by atoms with Crippen molar-refractivity contribution in [2.24, 2.45) is 0 Å². The molecule has 0 saturated heterocycles. The van der Waals surface area contributed by atoms with Gasteiger partial charge in [-0.3, -0.25) is 0 Å². The number of nitrogens with two attached hydrogens (primary N) is 1. The van der Waals surface area contributed by atoms with Crippen LogP contribution in [0.1, 0.15) is 32.6 Å². The maximum Gasteiger partial charge on any atom is 0.141 e. The van der Waals surface area contributed by atoms with Crippen LogP contribution >= 0.6 is 0 Å². The van der Waals surface area contributed by atoms with Crippen LogP contribution in [0.15, 0.2) is 6.20 Å². The predicted octanol–water partition coefficient (Wildman–Crippen LogP) is 1.61. The second kappa shape index (κ2) is 2.95. The highest BCUT2D eigenvalue weighted by Crippen LogP contribution is 2.12. The van der Waals surface area contributed by atoms with Gasteiger partial charge in [0, 0.05) is 18.7 Å². The number of hydrogen-bond donors (Lipinski definition) is 1. The van der Waals surface area contributed by atoms with Crippen molar-refractivity contribution >= 4 is 5.82 Å². The van der Waals surface area contributed by atoms with E-state index in [9.17, 15) is 0 Å². The van der Waals surface area contributed by atoms with E-state index in [1.54, 1.807) is 0 Å². The number of nitrogens with zero attached hydrogens (tertiary/aromatic N) is 2. The monoisotopic (exact) mass is 153 g/mol. The summed E-state index contributed by atoms with van der Waals surface area (Å²) in [4.78, 5) is 4.19. The molecule has 0 bridgehead atoms. The topological polar surface area (TPSA) is 43.8 Å². The van der Waals surface area contributed by atoms with Gasteiger partial charge in [0.2, 0.25) is 0 Å². The van der Waals surface area contributed by atoms with Crippen molar-refractivity contribution in [1.82, 2.24) is 9.55 Å². The molecule has 62 valence electrons. The van der Waals surface area contributed by atoms with Crippen molar-refractivity contribution in [2.45, 2.75) is 33.2 Å². The molecule has 1 aromatic rings. The van der Waals surface area contributed by atoms with Gasteiger partial charge in [-0.2, -0.15) is 0 Å². The third kappa shape index (κ3) is 1.53. The molecule has 1 heterocycles. The van der Waals surface area contributed by atoms with Gasteiger partial charge in [-0.1, -0.05) is 6.92 Å². The predicted molar refractivity (Wildman–Crippen MR) is 46.4 cm³/mol. The van der Waals surface area contributed by atoms with Gasteiger partial charge < -0.3 is 10.3 Å². The molecule has 3 nitrogen and oxygen atoms in total.